The molecule has 7 heteroatoms. The second-order valence-electron chi connectivity index (χ2n) is 6.09. The van der Waals surface area contributed by atoms with Crippen LogP contribution in [0.25, 0.3) is 0 Å². The molecule has 0 spiro atoms. The quantitative estimate of drug-likeness (QED) is 0.517. The van der Waals surface area contributed by atoms with Gasteiger partial charge in [0, 0.05) is 26.1 Å². The third-order valence-corrected chi connectivity index (χ3v) is 5.08. The first-order chi connectivity index (χ1) is 11.7. The van der Waals surface area contributed by atoms with E-state index in [0.717, 1.165) is 36.9 Å². The van der Waals surface area contributed by atoms with Crippen molar-refractivity contribution in [3.05, 3.63) is 18.5 Å². The number of amides is 1. The molecular formula is C17H29N5OS. The monoisotopic (exact) mass is 351 g/mol. The van der Waals surface area contributed by atoms with Gasteiger partial charge in [0.1, 0.15) is 5.82 Å². The van der Waals surface area contributed by atoms with Gasteiger partial charge in [-0.2, -0.15) is 0 Å². The maximum absolute atomic E-state index is 11.8. The molecule has 1 N–H and O–H groups in total. The van der Waals surface area contributed by atoms with Crippen LogP contribution in [0.4, 0.5) is 0 Å². The van der Waals surface area contributed by atoms with Crippen molar-refractivity contribution < 1.29 is 4.79 Å². The van der Waals surface area contributed by atoms with Crippen LogP contribution >= 0.6 is 11.8 Å². The highest BCUT2D eigenvalue weighted by molar-refractivity contribution is 7.99. The minimum Gasteiger partial charge on any atom is -0.355 e. The van der Waals surface area contributed by atoms with Gasteiger partial charge < -0.3 is 14.8 Å². The van der Waals surface area contributed by atoms with Crippen molar-refractivity contribution in [2.45, 2.75) is 50.7 Å². The number of likely N-dealkylation sites (tertiary alicyclic amines) is 1. The maximum atomic E-state index is 11.8. The SMILES string of the molecule is C=CCn1c(CCN2CCCCC2)nnc1SCC(=O)NCCC. The van der Waals surface area contributed by atoms with E-state index < -0.39 is 0 Å². The number of rotatable bonds is 10. The van der Waals surface area contributed by atoms with Crippen molar-refractivity contribution in [1.29, 1.82) is 0 Å². The molecule has 0 saturated carbocycles. The number of nitrogens with one attached hydrogen (secondary N) is 1. The Balaban J connectivity index is 1.90. The van der Waals surface area contributed by atoms with E-state index in [2.05, 4.69) is 31.6 Å². The van der Waals surface area contributed by atoms with Crippen molar-refractivity contribution in [2.75, 3.05) is 31.9 Å². The largest absolute Gasteiger partial charge is 0.355 e. The van der Waals surface area contributed by atoms with Crippen LogP contribution in [0.1, 0.15) is 38.4 Å². The number of carbonyl (C=O) groups excluding carboxylic acids is 1. The van der Waals surface area contributed by atoms with Crippen LogP contribution in [-0.2, 0) is 17.8 Å². The van der Waals surface area contributed by atoms with Crippen LogP contribution in [0.2, 0.25) is 0 Å². The molecule has 0 bridgehead atoms. The first-order valence-corrected chi connectivity index (χ1v) is 9.88. The Labute approximate surface area is 149 Å². The number of carbonyl (C=O) groups is 1. The number of hydrogen-bond acceptors (Lipinski definition) is 5. The van der Waals surface area contributed by atoms with Crippen LogP contribution in [-0.4, -0.2) is 57.5 Å². The summed E-state index contributed by atoms with van der Waals surface area (Å²) in [5.74, 6) is 1.41. The summed E-state index contributed by atoms with van der Waals surface area (Å²) in [6.07, 6.45) is 7.65. The summed E-state index contributed by atoms with van der Waals surface area (Å²) in [5, 5.41) is 12.3. The molecule has 0 aliphatic carbocycles. The number of aromatic nitrogens is 3. The van der Waals surface area contributed by atoms with Crippen molar-refractivity contribution in [3.63, 3.8) is 0 Å². The zero-order chi connectivity index (χ0) is 17.2. The average Bonchev–Trinajstić information content (AvgIpc) is 2.99. The van der Waals surface area contributed by atoms with Gasteiger partial charge in [0.05, 0.1) is 5.75 Å². The van der Waals surface area contributed by atoms with Gasteiger partial charge in [-0.25, -0.2) is 0 Å². The molecule has 1 aromatic heterocycles. The van der Waals surface area contributed by atoms with E-state index in [0.29, 0.717) is 12.3 Å². The number of thioether (sulfide) groups is 1. The van der Waals surface area contributed by atoms with Gasteiger partial charge in [-0.3, -0.25) is 4.79 Å². The van der Waals surface area contributed by atoms with Gasteiger partial charge in [-0.15, -0.1) is 16.8 Å². The van der Waals surface area contributed by atoms with Gasteiger partial charge in [0.2, 0.25) is 5.91 Å². The minimum atomic E-state index is 0.0462. The van der Waals surface area contributed by atoms with Crippen LogP contribution in [0.5, 0.6) is 0 Å². The molecule has 1 fully saturated rings. The normalized spacial score (nSPS) is 15.4. The van der Waals surface area contributed by atoms with Gasteiger partial charge in [-0.05, 0) is 32.4 Å². The van der Waals surface area contributed by atoms with Crippen molar-refractivity contribution in [1.82, 2.24) is 25.0 Å². The van der Waals surface area contributed by atoms with Crippen molar-refractivity contribution in [2.24, 2.45) is 0 Å². The molecule has 1 aliphatic rings. The Bertz CT molecular complexity index is 525. The Morgan fingerprint density at radius 3 is 2.83 bits per heavy atom. The second kappa shape index (κ2) is 10.5. The predicted octanol–water partition coefficient (Wildman–Crippen LogP) is 2.11. The first-order valence-electron chi connectivity index (χ1n) is 8.89. The third-order valence-electron chi connectivity index (χ3n) is 4.11. The lowest BCUT2D eigenvalue weighted by atomic mass is 10.1. The summed E-state index contributed by atoms with van der Waals surface area (Å²) in [4.78, 5) is 14.3. The molecule has 0 unspecified atom stereocenters. The zero-order valence-corrected chi connectivity index (χ0v) is 15.5. The predicted molar refractivity (Wildman–Crippen MR) is 98.2 cm³/mol. The van der Waals surface area contributed by atoms with E-state index in [1.165, 1.54) is 44.1 Å². The summed E-state index contributed by atoms with van der Waals surface area (Å²) >= 11 is 1.44. The van der Waals surface area contributed by atoms with Gasteiger partial charge in [-0.1, -0.05) is 31.2 Å². The summed E-state index contributed by atoms with van der Waals surface area (Å²) in [6, 6.07) is 0. The van der Waals surface area contributed by atoms with Gasteiger partial charge in [0.25, 0.3) is 0 Å². The van der Waals surface area contributed by atoms with Crippen LogP contribution in [0, 0.1) is 0 Å². The van der Waals surface area contributed by atoms with E-state index in [9.17, 15) is 4.79 Å². The zero-order valence-electron chi connectivity index (χ0n) is 14.7. The van der Waals surface area contributed by atoms with E-state index in [4.69, 9.17) is 0 Å². The van der Waals surface area contributed by atoms with Crippen LogP contribution < -0.4 is 5.32 Å². The topological polar surface area (TPSA) is 63.1 Å². The number of nitrogens with zero attached hydrogens (tertiary/aromatic N) is 4. The molecule has 1 amide bonds. The molecule has 2 rings (SSSR count). The first kappa shape index (κ1) is 19.0. The van der Waals surface area contributed by atoms with E-state index in [1.54, 1.807) is 0 Å². The fourth-order valence-electron chi connectivity index (χ4n) is 2.81. The highest BCUT2D eigenvalue weighted by Gasteiger charge is 2.15. The Morgan fingerprint density at radius 2 is 2.12 bits per heavy atom. The number of allylic oxidation sites excluding steroid dienone is 1. The summed E-state index contributed by atoms with van der Waals surface area (Å²) in [7, 11) is 0. The van der Waals surface area contributed by atoms with Crippen molar-refractivity contribution >= 4 is 17.7 Å². The molecule has 1 saturated heterocycles. The summed E-state index contributed by atoms with van der Waals surface area (Å²) in [6.45, 7) is 10.7. The van der Waals surface area contributed by atoms with Gasteiger partial charge in [0.15, 0.2) is 5.16 Å². The lowest BCUT2D eigenvalue weighted by Crippen LogP contribution is -2.32. The number of piperidine rings is 1. The summed E-state index contributed by atoms with van der Waals surface area (Å²) < 4.78 is 2.08. The highest BCUT2D eigenvalue weighted by Crippen LogP contribution is 2.18. The summed E-state index contributed by atoms with van der Waals surface area (Å²) in [5.41, 5.74) is 0. The fourth-order valence-corrected chi connectivity index (χ4v) is 3.61. The molecular weight excluding hydrogens is 322 g/mol. The molecule has 1 aliphatic heterocycles. The molecule has 0 atom stereocenters. The third kappa shape index (κ3) is 5.94. The minimum absolute atomic E-state index is 0.0462. The maximum Gasteiger partial charge on any atom is 0.230 e. The van der Waals surface area contributed by atoms with E-state index in [1.807, 2.05) is 13.0 Å². The number of hydrogen-bond donors (Lipinski definition) is 1. The van der Waals surface area contributed by atoms with Crippen molar-refractivity contribution in [3.8, 4) is 0 Å². The molecule has 6 nitrogen and oxygen atoms in total. The Hall–Kier alpha value is -1.34. The molecule has 134 valence electrons. The molecule has 0 radical (unpaired) electrons. The Kier molecular flexibility index (Phi) is 8.32. The standard InChI is InChI=1S/C17H29N5OS/c1-3-9-18-16(23)14-24-17-20-19-15(22(17)10-4-2)8-13-21-11-6-5-7-12-21/h4H,2-3,5-14H2,1H3,(H,18,23). The molecule has 0 aromatic carbocycles. The van der Waals surface area contributed by atoms with E-state index in [-0.39, 0.29) is 5.91 Å². The lowest BCUT2D eigenvalue weighted by Gasteiger charge is -2.26. The van der Waals surface area contributed by atoms with Crippen LogP contribution in [0.3, 0.4) is 0 Å². The highest BCUT2D eigenvalue weighted by atomic mass is 32.2. The molecule has 24 heavy (non-hydrogen) atoms. The van der Waals surface area contributed by atoms with E-state index >= 15 is 0 Å². The van der Waals surface area contributed by atoms with Crippen LogP contribution in [0.15, 0.2) is 17.8 Å². The Morgan fingerprint density at radius 1 is 1.33 bits per heavy atom. The average molecular weight is 352 g/mol. The smallest absolute Gasteiger partial charge is 0.230 e. The second-order valence-corrected chi connectivity index (χ2v) is 7.03. The fraction of sp³-hybridized carbons (Fsp3) is 0.706. The molecule has 1 aromatic rings. The molecule has 2 heterocycles. The van der Waals surface area contributed by atoms with Gasteiger partial charge >= 0.3 is 0 Å². The lowest BCUT2D eigenvalue weighted by molar-refractivity contribution is -0.118.